The molecule has 1 atom stereocenters. The van der Waals surface area contributed by atoms with Crippen molar-refractivity contribution < 1.29 is 14.3 Å². The Kier molecular flexibility index (Phi) is 7.36. The lowest BCUT2D eigenvalue weighted by Gasteiger charge is -2.35. The molecule has 7 heteroatoms. The number of benzene rings is 1. The molecule has 168 valence electrons. The Bertz CT molecular complexity index is 902. The van der Waals surface area contributed by atoms with E-state index >= 15 is 0 Å². The topological polar surface area (TPSA) is 62.7 Å². The molecule has 0 N–H and O–H groups in total. The van der Waals surface area contributed by atoms with Gasteiger partial charge in [0.2, 0.25) is 5.91 Å². The van der Waals surface area contributed by atoms with Crippen LogP contribution in [0.25, 0.3) is 10.6 Å². The van der Waals surface area contributed by atoms with Crippen LogP contribution in [-0.2, 0) is 16.0 Å². The molecule has 2 aromatic rings. The lowest BCUT2D eigenvalue weighted by Crippen LogP contribution is -2.45. The summed E-state index contributed by atoms with van der Waals surface area (Å²) < 4.78 is 5.44. The smallest absolute Gasteiger partial charge is 0.410 e. The Balaban J connectivity index is 1.54. The van der Waals surface area contributed by atoms with E-state index in [0.29, 0.717) is 19.5 Å². The third-order valence-electron chi connectivity index (χ3n) is 5.29. The van der Waals surface area contributed by atoms with Crippen molar-refractivity contribution in [1.29, 1.82) is 0 Å². The van der Waals surface area contributed by atoms with Gasteiger partial charge in [-0.1, -0.05) is 29.8 Å². The van der Waals surface area contributed by atoms with Gasteiger partial charge in [-0.2, -0.15) is 0 Å². The van der Waals surface area contributed by atoms with Crippen molar-refractivity contribution in [3.63, 3.8) is 0 Å². The summed E-state index contributed by atoms with van der Waals surface area (Å²) in [6.07, 6.45) is 1.95. The summed E-state index contributed by atoms with van der Waals surface area (Å²) >= 11 is 1.57. The van der Waals surface area contributed by atoms with Gasteiger partial charge in [0.05, 0.1) is 12.1 Å². The number of piperidine rings is 1. The van der Waals surface area contributed by atoms with Gasteiger partial charge in [0.1, 0.15) is 10.6 Å². The van der Waals surface area contributed by atoms with Crippen LogP contribution in [-0.4, -0.2) is 59.1 Å². The molecule has 1 fully saturated rings. The number of thiazole rings is 1. The van der Waals surface area contributed by atoms with Crippen molar-refractivity contribution in [3.05, 3.63) is 40.9 Å². The Morgan fingerprint density at radius 1 is 1.26 bits per heavy atom. The van der Waals surface area contributed by atoms with Crippen LogP contribution in [0.5, 0.6) is 0 Å². The molecule has 1 aliphatic rings. The molecule has 0 spiro atoms. The number of aromatic nitrogens is 1. The SMILES string of the molecule is Cc1ccc(-c2nc(CC(=O)N3CCCC(CN(C)C(=O)OC(C)(C)C)C3)cs2)cc1. The number of nitrogens with zero attached hydrogens (tertiary/aromatic N) is 3. The highest BCUT2D eigenvalue weighted by molar-refractivity contribution is 7.13. The van der Waals surface area contributed by atoms with Gasteiger partial charge in [-0.15, -0.1) is 11.3 Å². The predicted molar refractivity (Wildman–Crippen MR) is 124 cm³/mol. The summed E-state index contributed by atoms with van der Waals surface area (Å²) in [7, 11) is 1.76. The molecule has 0 saturated carbocycles. The van der Waals surface area contributed by atoms with E-state index in [4.69, 9.17) is 4.74 Å². The molecule has 31 heavy (non-hydrogen) atoms. The third-order valence-corrected chi connectivity index (χ3v) is 6.23. The van der Waals surface area contributed by atoms with Crippen molar-refractivity contribution in [1.82, 2.24) is 14.8 Å². The quantitative estimate of drug-likeness (QED) is 0.668. The van der Waals surface area contributed by atoms with Gasteiger partial charge < -0.3 is 14.5 Å². The second-order valence-electron chi connectivity index (χ2n) is 9.40. The molecule has 0 aliphatic carbocycles. The van der Waals surface area contributed by atoms with E-state index < -0.39 is 5.60 Å². The molecule has 2 heterocycles. The number of amides is 2. The highest BCUT2D eigenvalue weighted by Crippen LogP contribution is 2.25. The minimum absolute atomic E-state index is 0.102. The summed E-state index contributed by atoms with van der Waals surface area (Å²) in [5.74, 6) is 0.360. The number of likely N-dealkylation sites (tertiary alicyclic amines) is 1. The molecule has 0 radical (unpaired) electrons. The second-order valence-corrected chi connectivity index (χ2v) is 10.3. The Morgan fingerprint density at radius 3 is 2.65 bits per heavy atom. The number of carbonyl (C=O) groups is 2. The van der Waals surface area contributed by atoms with Gasteiger partial charge in [0.25, 0.3) is 0 Å². The molecule has 1 unspecified atom stereocenters. The zero-order valence-corrected chi connectivity index (χ0v) is 20.0. The number of ether oxygens (including phenoxy) is 1. The molecule has 1 aromatic carbocycles. The molecule has 3 rings (SSSR count). The van der Waals surface area contributed by atoms with Crippen molar-refractivity contribution in [3.8, 4) is 10.6 Å². The van der Waals surface area contributed by atoms with Crippen LogP contribution in [0.15, 0.2) is 29.6 Å². The van der Waals surface area contributed by atoms with Crippen molar-refractivity contribution in [2.24, 2.45) is 5.92 Å². The summed E-state index contributed by atoms with van der Waals surface area (Å²) in [6, 6.07) is 8.28. The molecule has 6 nitrogen and oxygen atoms in total. The fourth-order valence-corrected chi connectivity index (χ4v) is 4.55. The molecule has 1 aromatic heterocycles. The van der Waals surface area contributed by atoms with Gasteiger partial charge >= 0.3 is 6.09 Å². The Hall–Kier alpha value is -2.41. The first-order chi connectivity index (χ1) is 14.6. The zero-order valence-electron chi connectivity index (χ0n) is 19.2. The van der Waals surface area contributed by atoms with Crippen LogP contribution in [0.4, 0.5) is 4.79 Å². The molecule has 0 bridgehead atoms. The average Bonchev–Trinajstić information content (AvgIpc) is 3.16. The molecule has 1 saturated heterocycles. The van der Waals surface area contributed by atoms with E-state index in [0.717, 1.165) is 35.7 Å². The summed E-state index contributed by atoms with van der Waals surface area (Å²) in [5, 5.41) is 2.92. The Labute approximate surface area is 189 Å². The number of hydrogen-bond acceptors (Lipinski definition) is 5. The monoisotopic (exact) mass is 443 g/mol. The molecular weight excluding hydrogens is 410 g/mol. The first-order valence-corrected chi connectivity index (χ1v) is 11.7. The van der Waals surface area contributed by atoms with Gasteiger partial charge in [-0.3, -0.25) is 4.79 Å². The maximum absolute atomic E-state index is 12.9. The first-order valence-electron chi connectivity index (χ1n) is 10.8. The summed E-state index contributed by atoms with van der Waals surface area (Å²) in [6.45, 7) is 9.68. The zero-order chi connectivity index (χ0) is 22.6. The molecule has 1 aliphatic heterocycles. The minimum Gasteiger partial charge on any atom is -0.444 e. The van der Waals surface area contributed by atoms with E-state index in [9.17, 15) is 9.59 Å². The van der Waals surface area contributed by atoms with E-state index in [1.54, 1.807) is 23.3 Å². The number of hydrogen-bond donors (Lipinski definition) is 0. The minimum atomic E-state index is -0.509. The van der Waals surface area contributed by atoms with Gasteiger partial charge in [0.15, 0.2) is 0 Å². The van der Waals surface area contributed by atoms with Gasteiger partial charge in [-0.05, 0) is 46.5 Å². The normalized spacial score (nSPS) is 16.8. The van der Waals surface area contributed by atoms with Crippen molar-refractivity contribution in [2.75, 3.05) is 26.7 Å². The van der Waals surface area contributed by atoms with Gasteiger partial charge in [-0.25, -0.2) is 9.78 Å². The van der Waals surface area contributed by atoms with Crippen molar-refractivity contribution in [2.45, 2.75) is 52.6 Å². The molecular formula is C24H33N3O3S. The van der Waals surface area contributed by atoms with E-state index in [1.165, 1.54) is 5.56 Å². The average molecular weight is 444 g/mol. The number of rotatable bonds is 5. The lowest BCUT2D eigenvalue weighted by atomic mass is 9.97. The highest BCUT2D eigenvalue weighted by Gasteiger charge is 2.27. The predicted octanol–water partition coefficient (Wildman–Crippen LogP) is 4.77. The maximum atomic E-state index is 12.9. The van der Waals surface area contributed by atoms with Crippen LogP contribution < -0.4 is 0 Å². The van der Waals surface area contributed by atoms with Crippen LogP contribution in [0.1, 0.15) is 44.9 Å². The van der Waals surface area contributed by atoms with Crippen LogP contribution >= 0.6 is 11.3 Å². The highest BCUT2D eigenvalue weighted by atomic mass is 32.1. The van der Waals surface area contributed by atoms with E-state index in [-0.39, 0.29) is 17.9 Å². The summed E-state index contributed by atoms with van der Waals surface area (Å²) in [5.41, 5.74) is 2.61. The van der Waals surface area contributed by atoms with Crippen molar-refractivity contribution >= 4 is 23.3 Å². The lowest BCUT2D eigenvalue weighted by molar-refractivity contribution is -0.132. The second kappa shape index (κ2) is 9.81. The van der Waals surface area contributed by atoms with Crippen LogP contribution in [0.3, 0.4) is 0 Å². The van der Waals surface area contributed by atoms with Crippen LogP contribution in [0.2, 0.25) is 0 Å². The fraction of sp³-hybridized carbons (Fsp3) is 0.542. The molecule has 2 amide bonds. The van der Waals surface area contributed by atoms with Crippen LogP contribution in [0, 0.1) is 12.8 Å². The van der Waals surface area contributed by atoms with E-state index in [1.807, 2.05) is 31.1 Å². The third kappa shape index (κ3) is 6.79. The van der Waals surface area contributed by atoms with Gasteiger partial charge in [0, 0.05) is 37.6 Å². The summed E-state index contributed by atoms with van der Waals surface area (Å²) in [4.78, 5) is 33.4. The largest absolute Gasteiger partial charge is 0.444 e. The standard InChI is InChI=1S/C24H33N3O3S/c1-17-8-10-19(11-9-17)22-25-20(16-31-22)13-21(28)27-12-6-7-18(15-27)14-26(5)23(29)30-24(2,3)4/h8-11,16,18H,6-7,12-15H2,1-5H3. The maximum Gasteiger partial charge on any atom is 0.410 e. The number of carbonyl (C=O) groups excluding carboxylic acids is 2. The number of aryl methyl sites for hydroxylation is 1. The Morgan fingerprint density at radius 2 is 1.97 bits per heavy atom. The first kappa shape index (κ1) is 23.3. The van der Waals surface area contributed by atoms with E-state index in [2.05, 4.69) is 36.2 Å². The fourth-order valence-electron chi connectivity index (χ4n) is 3.73.